The molecule has 4 heteroatoms. The van der Waals surface area contributed by atoms with E-state index in [-0.39, 0.29) is 17.9 Å². The lowest BCUT2D eigenvalue weighted by Crippen LogP contribution is -2.42. The lowest BCUT2D eigenvalue weighted by molar-refractivity contribution is 0.362. The second kappa shape index (κ2) is 6.50. The Morgan fingerprint density at radius 1 is 1.17 bits per heavy atom. The van der Waals surface area contributed by atoms with E-state index in [9.17, 15) is 0 Å². The van der Waals surface area contributed by atoms with Crippen LogP contribution in [0, 0.1) is 0 Å². The number of nitrogens with two attached hydrogens (primary N) is 1. The molecule has 0 amide bonds. The zero-order valence-electron chi connectivity index (χ0n) is 13.8. The van der Waals surface area contributed by atoms with Crippen LogP contribution in [-0.4, -0.2) is 12.1 Å². The lowest BCUT2D eigenvalue weighted by Gasteiger charge is -2.34. The van der Waals surface area contributed by atoms with Gasteiger partial charge in [0, 0.05) is 16.6 Å². The molecule has 1 heterocycles. The Morgan fingerprint density at radius 3 is 2.71 bits per heavy atom. The Labute approximate surface area is 148 Å². The van der Waals surface area contributed by atoms with E-state index in [4.69, 9.17) is 10.5 Å². The van der Waals surface area contributed by atoms with Crippen molar-refractivity contribution < 1.29 is 4.74 Å². The minimum atomic E-state index is -0.318. The Balaban J connectivity index is 0.00000169. The predicted octanol–water partition coefficient (Wildman–Crippen LogP) is 4.33. The van der Waals surface area contributed by atoms with Crippen LogP contribution < -0.4 is 10.5 Å². The maximum absolute atomic E-state index is 6.87. The predicted molar refractivity (Wildman–Crippen MR) is 101 cm³/mol. The Morgan fingerprint density at radius 2 is 1.96 bits per heavy atom. The first-order chi connectivity index (χ1) is 11.2. The number of aromatic nitrogens is 1. The first kappa shape index (κ1) is 16.9. The molecule has 1 aliphatic carbocycles. The number of aryl methyl sites for hydroxylation is 1. The number of hydrogen-bond donors (Lipinski definition) is 2. The normalized spacial score (nSPS) is 19.6. The molecule has 0 saturated carbocycles. The molecule has 0 aliphatic heterocycles. The topological polar surface area (TPSA) is 51.0 Å². The van der Waals surface area contributed by atoms with Crippen LogP contribution in [-0.2, 0) is 18.4 Å². The van der Waals surface area contributed by atoms with E-state index in [1.165, 1.54) is 22.2 Å². The highest BCUT2D eigenvalue weighted by Crippen LogP contribution is 2.40. The zero-order valence-corrected chi connectivity index (χ0v) is 14.7. The fourth-order valence-corrected chi connectivity index (χ4v) is 3.88. The van der Waals surface area contributed by atoms with Gasteiger partial charge in [-0.25, -0.2) is 0 Å². The summed E-state index contributed by atoms with van der Waals surface area (Å²) in [6, 6.07) is 16.8. The summed E-state index contributed by atoms with van der Waals surface area (Å²) in [6.45, 7) is 0. The van der Waals surface area contributed by atoms with Crippen molar-refractivity contribution >= 4 is 23.3 Å². The fourth-order valence-electron chi connectivity index (χ4n) is 3.88. The molecule has 3 aromatic rings. The standard InChI is InChI=1S/C20H22N2O.ClH/c1-23-15-9-10-18-17(12-15)16-8-5-11-20(21,19(16)22-18)13-14-6-3-2-4-7-14;/h2-4,6-7,9-10,12,22H,5,8,11,13,21H2,1H3;1H. The average Bonchev–Trinajstić information content (AvgIpc) is 2.95. The number of ether oxygens (including phenoxy) is 1. The summed E-state index contributed by atoms with van der Waals surface area (Å²) >= 11 is 0. The number of hydrogen-bond acceptors (Lipinski definition) is 2. The number of benzene rings is 2. The number of methoxy groups -OCH3 is 1. The van der Waals surface area contributed by atoms with Crippen molar-refractivity contribution in [2.75, 3.05) is 7.11 Å². The molecule has 3 N–H and O–H groups in total. The highest BCUT2D eigenvalue weighted by atomic mass is 35.5. The third kappa shape index (κ3) is 2.79. The molecule has 1 atom stereocenters. The van der Waals surface area contributed by atoms with Crippen molar-refractivity contribution in [3.05, 3.63) is 65.4 Å². The molecule has 24 heavy (non-hydrogen) atoms. The second-order valence-corrected chi connectivity index (χ2v) is 6.56. The van der Waals surface area contributed by atoms with E-state index in [1.807, 2.05) is 12.1 Å². The van der Waals surface area contributed by atoms with Crippen LogP contribution >= 0.6 is 12.4 Å². The highest BCUT2D eigenvalue weighted by molar-refractivity contribution is 5.86. The summed E-state index contributed by atoms with van der Waals surface area (Å²) in [4.78, 5) is 3.60. The molecular formula is C20H23ClN2O. The summed E-state index contributed by atoms with van der Waals surface area (Å²) in [5.41, 5.74) is 11.6. The zero-order chi connectivity index (χ0) is 15.9. The molecule has 1 unspecified atom stereocenters. The van der Waals surface area contributed by atoms with Crippen LogP contribution in [0.2, 0.25) is 0 Å². The third-order valence-electron chi connectivity index (χ3n) is 5.02. The van der Waals surface area contributed by atoms with E-state index >= 15 is 0 Å². The minimum Gasteiger partial charge on any atom is -0.497 e. The number of halogens is 1. The van der Waals surface area contributed by atoms with Gasteiger partial charge in [0.2, 0.25) is 0 Å². The summed E-state index contributed by atoms with van der Waals surface area (Å²) in [6.07, 6.45) is 4.08. The molecular weight excluding hydrogens is 320 g/mol. The number of aromatic amines is 1. The number of nitrogens with one attached hydrogen (secondary N) is 1. The van der Waals surface area contributed by atoms with Gasteiger partial charge in [0.15, 0.2) is 0 Å². The molecule has 1 aromatic heterocycles. The van der Waals surface area contributed by atoms with Gasteiger partial charge in [0.25, 0.3) is 0 Å². The number of fused-ring (bicyclic) bond motifs is 3. The van der Waals surface area contributed by atoms with E-state index < -0.39 is 0 Å². The van der Waals surface area contributed by atoms with Crippen molar-refractivity contribution in [2.24, 2.45) is 5.73 Å². The van der Waals surface area contributed by atoms with Crippen molar-refractivity contribution in [1.82, 2.24) is 4.98 Å². The van der Waals surface area contributed by atoms with Crippen LogP contribution in [0.1, 0.15) is 29.7 Å². The quantitative estimate of drug-likeness (QED) is 0.744. The van der Waals surface area contributed by atoms with Gasteiger partial charge in [0.05, 0.1) is 12.6 Å². The van der Waals surface area contributed by atoms with Gasteiger partial charge in [-0.05, 0) is 55.0 Å². The minimum absolute atomic E-state index is 0. The van der Waals surface area contributed by atoms with Gasteiger partial charge in [0.1, 0.15) is 5.75 Å². The van der Waals surface area contributed by atoms with E-state index in [0.29, 0.717) is 0 Å². The van der Waals surface area contributed by atoms with Gasteiger partial charge in [-0.15, -0.1) is 12.4 Å². The smallest absolute Gasteiger partial charge is 0.119 e. The molecule has 0 bridgehead atoms. The molecule has 4 rings (SSSR count). The molecule has 0 radical (unpaired) electrons. The van der Waals surface area contributed by atoms with Crippen LogP contribution in [0.3, 0.4) is 0 Å². The van der Waals surface area contributed by atoms with E-state index in [0.717, 1.165) is 36.9 Å². The largest absolute Gasteiger partial charge is 0.497 e. The Hall–Kier alpha value is -1.97. The van der Waals surface area contributed by atoms with Gasteiger partial charge >= 0.3 is 0 Å². The first-order valence-electron chi connectivity index (χ1n) is 8.21. The van der Waals surface area contributed by atoms with Crippen LogP contribution in [0.25, 0.3) is 10.9 Å². The molecule has 0 saturated heterocycles. The van der Waals surface area contributed by atoms with Crippen molar-refractivity contribution in [2.45, 2.75) is 31.2 Å². The summed E-state index contributed by atoms with van der Waals surface area (Å²) in [7, 11) is 1.71. The maximum Gasteiger partial charge on any atom is 0.119 e. The van der Waals surface area contributed by atoms with Gasteiger partial charge in [-0.3, -0.25) is 0 Å². The van der Waals surface area contributed by atoms with Gasteiger partial charge in [-0.2, -0.15) is 0 Å². The summed E-state index contributed by atoms with van der Waals surface area (Å²) in [5, 5.41) is 1.25. The van der Waals surface area contributed by atoms with Crippen molar-refractivity contribution in [3.8, 4) is 5.75 Å². The monoisotopic (exact) mass is 342 g/mol. The van der Waals surface area contributed by atoms with Crippen molar-refractivity contribution in [3.63, 3.8) is 0 Å². The average molecular weight is 343 g/mol. The number of rotatable bonds is 3. The van der Waals surface area contributed by atoms with Crippen LogP contribution in [0.4, 0.5) is 0 Å². The molecule has 0 spiro atoms. The second-order valence-electron chi connectivity index (χ2n) is 6.56. The summed E-state index contributed by atoms with van der Waals surface area (Å²) in [5.74, 6) is 0.899. The Kier molecular flexibility index (Phi) is 4.57. The van der Waals surface area contributed by atoms with E-state index in [1.54, 1.807) is 7.11 Å². The molecule has 3 nitrogen and oxygen atoms in total. The molecule has 0 fully saturated rings. The third-order valence-corrected chi connectivity index (χ3v) is 5.02. The SMILES string of the molecule is COc1ccc2[nH]c3c(c2c1)CCCC3(N)Cc1ccccc1.Cl. The van der Waals surface area contributed by atoms with Gasteiger partial charge < -0.3 is 15.5 Å². The Bertz CT molecular complexity index is 843. The van der Waals surface area contributed by atoms with Crippen LogP contribution in [0.5, 0.6) is 5.75 Å². The molecule has 1 aliphatic rings. The fraction of sp³-hybridized carbons (Fsp3) is 0.300. The van der Waals surface area contributed by atoms with Gasteiger partial charge in [-0.1, -0.05) is 30.3 Å². The lowest BCUT2D eigenvalue weighted by atomic mass is 9.77. The van der Waals surface area contributed by atoms with E-state index in [2.05, 4.69) is 41.4 Å². The first-order valence-corrected chi connectivity index (χ1v) is 8.21. The molecule has 126 valence electrons. The summed E-state index contributed by atoms with van der Waals surface area (Å²) < 4.78 is 5.39. The van der Waals surface area contributed by atoms with Crippen molar-refractivity contribution in [1.29, 1.82) is 0 Å². The van der Waals surface area contributed by atoms with Crippen LogP contribution in [0.15, 0.2) is 48.5 Å². The number of H-pyrrole nitrogens is 1. The maximum atomic E-state index is 6.87. The highest BCUT2D eigenvalue weighted by Gasteiger charge is 2.35. The molecule has 2 aromatic carbocycles.